The molecular formula is C43H61N5O7S. The van der Waals surface area contributed by atoms with E-state index < -0.39 is 55.4 Å². The fourth-order valence-corrected chi connectivity index (χ4v) is 12.7. The molecule has 13 heteroatoms. The summed E-state index contributed by atoms with van der Waals surface area (Å²) in [7, 11) is -3.93. The number of hydrogen-bond donors (Lipinski definition) is 2. The molecule has 56 heavy (non-hydrogen) atoms. The molecule has 0 bridgehead atoms. The van der Waals surface area contributed by atoms with Crippen LogP contribution in [0.25, 0.3) is 0 Å². The van der Waals surface area contributed by atoms with Crippen molar-refractivity contribution in [3.63, 3.8) is 0 Å². The monoisotopic (exact) mass is 791 g/mol. The van der Waals surface area contributed by atoms with E-state index in [4.69, 9.17) is 0 Å². The lowest BCUT2D eigenvalue weighted by atomic mass is 9.73. The SMILES string of the molecule is C=C[C@@H]1C[C@]1(CC(=O)[C@@H]1C[C@@]2(CN1C(=O)[C@@H](CC(=O)[C@@H](NC(=O)c1cnccn1)C1CCCCC1)C(C)(C)C)C(C)(C)C21CCC1)C(=O)NS(=O)(=O)C1(C)CC1. The molecule has 1 aromatic heterocycles. The Morgan fingerprint density at radius 2 is 1.64 bits per heavy atom. The number of likely N-dealkylation sites (tertiary alicyclic amines) is 1. The topological polar surface area (TPSA) is 173 Å². The van der Waals surface area contributed by atoms with Gasteiger partial charge in [0.15, 0.2) is 11.6 Å². The van der Waals surface area contributed by atoms with Crippen molar-refractivity contribution in [1.29, 1.82) is 0 Å². The number of nitrogens with zero attached hydrogens (tertiary/aromatic N) is 3. The Kier molecular flexibility index (Phi) is 10.1. The summed E-state index contributed by atoms with van der Waals surface area (Å²) in [5.41, 5.74) is -2.18. The number of sulfonamides is 1. The van der Waals surface area contributed by atoms with E-state index in [1.165, 1.54) is 18.6 Å². The second-order valence-electron chi connectivity index (χ2n) is 20.1. The van der Waals surface area contributed by atoms with E-state index in [9.17, 15) is 27.6 Å². The van der Waals surface area contributed by atoms with E-state index in [1.807, 2.05) is 20.8 Å². The number of amides is 3. The average molecular weight is 792 g/mol. The molecule has 1 aliphatic heterocycles. The molecular weight excluding hydrogens is 731 g/mol. The molecule has 0 unspecified atom stereocenters. The highest BCUT2D eigenvalue weighted by molar-refractivity contribution is 7.91. The van der Waals surface area contributed by atoms with Crippen LogP contribution in [0.4, 0.5) is 0 Å². The standard InChI is InChI=1S/C43H61N5O7S/c1-8-28-22-41(28,37(53)47-56(54,55)40(7)17-18-40)24-33(50)31-23-43(39(5,6)42(43)15-12-16-42)26-48(31)36(52)29(38(2,3)4)21-32(49)34(27-13-10-9-11-14-27)46-35(51)30-25-44-19-20-45-30/h8,19-20,25,27-29,31,34H,1,9-18,21-24,26H2,2-7H3,(H,46,51)(H,47,53)/t28-,29-,31+,34+,41-,43-/m1/s1. The normalized spacial score (nSPS) is 30.8. The molecule has 0 radical (unpaired) electrons. The first-order valence-corrected chi connectivity index (χ1v) is 22.3. The molecule has 306 valence electrons. The molecule has 7 rings (SSSR count). The number of carbonyl (C=O) groups is 5. The van der Waals surface area contributed by atoms with Crippen molar-refractivity contribution in [2.24, 2.45) is 44.8 Å². The fourth-order valence-electron chi connectivity index (χ4n) is 11.4. The lowest BCUT2D eigenvalue weighted by Gasteiger charge is -2.37. The third-order valence-corrected chi connectivity index (χ3v) is 18.1. The Labute approximate surface area is 332 Å². The quantitative estimate of drug-likeness (QED) is 0.224. The lowest BCUT2D eigenvalue weighted by molar-refractivity contribution is -0.146. The predicted molar refractivity (Wildman–Crippen MR) is 210 cm³/mol. The van der Waals surface area contributed by atoms with Gasteiger partial charge in [-0.15, -0.1) is 6.58 Å². The van der Waals surface area contributed by atoms with Crippen molar-refractivity contribution in [1.82, 2.24) is 24.9 Å². The first-order chi connectivity index (χ1) is 26.2. The van der Waals surface area contributed by atoms with Crippen molar-refractivity contribution >= 4 is 39.3 Å². The molecule has 6 fully saturated rings. The number of ketones is 2. The van der Waals surface area contributed by atoms with Crippen molar-refractivity contribution in [2.75, 3.05) is 6.54 Å². The van der Waals surface area contributed by atoms with Gasteiger partial charge < -0.3 is 10.2 Å². The van der Waals surface area contributed by atoms with Gasteiger partial charge in [0.25, 0.3) is 5.91 Å². The first kappa shape index (κ1) is 40.7. The molecule has 6 atom stereocenters. The number of Topliss-reactive ketones (excluding diaryl/α,β-unsaturated/α-hetero) is 2. The Morgan fingerprint density at radius 3 is 2.16 bits per heavy atom. The van der Waals surface area contributed by atoms with Crippen molar-refractivity contribution < 1.29 is 32.4 Å². The summed E-state index contributed by atoms with van der Waals surface area (Å²) in [6.07, 6.45) is 15.0. The van der Waals surface area contributed by atoms with Gasteiger partial charge in [-0.3, -0.25) is 33.7 Å². The van der Waals surface area contributed by atoms with Gasteiger partial charge in [-0.2, -0.15) is 0 Å². The Morgan fingerprint density at radius 1 is 0.964 bits per heavy atom. The van der Waals surface area contributed by atoms with E-state index in [2.05, 4.69) is 40.4 Å². The third kappa shape index (κ3) is 6.46. The molecule has 1 saturated heterocycles. The van der Waals surface area contributed by atoms with Gasteiger partial charge in [0, 0.05) is 43.1 Å². The maximum atomic E-state index is 15.2. The molecule has 2 heterocycles. The minimum Gasteiger partial charge on any atom is -0.341 e. The summed E-state index contributed by atoms with van der Waals surface area (Å²) < 4.78 is 27.6. The summed E-state index contributed by atoms with van der Waals surface area (Å²) in [5, 5.41) is 2.98. The van der Waals surface area contributed by atoms with Crippen LogP contribution in [-0.2, 0) is 29.2 Å². The van der Waals surface area contributed by atoms with Crippen molar-refractivity contribution in [3.05, 3.63) is 36.9 Å². The molecule has 6 aliphatic rings. The van der Waals surface area contributed by atoms with Crippen LogP contribution in [0.5, 0.6) is 0 Å². The number of rotatable bonds is 14. The van der Waals surface area contributed by atoms with E-state index in [0.717, 1.165) is 51.4 Å². The molecule has 5 aliphatic carbocycles. The zero-order chi connectivity index (χ0) is 40.7. The summed E-state index contributed by atoms with van der Waals surface area (Å²) in [4.78, 5) is 81.6. The van der Waals surface area contributed by atoms with Gasteiger partial charge in [-0.05, 0) is 86.4 Å². The van der Waals surface area contributed by atoms with Crippen molar-refractivity contribution in [3.8, 4) is 0 Å². The van der Waals surface area contributed by atoms with Crippen LogP contribution < -0.4 is 10.0 Å². The Hall–Kier alpha value is -3.48. The zero-order valence-corrected chi connectivity index (χ0v) is 34.9. The second kappa shape index (κ2) is 13.8. The number of carbonyl (C=O) groups excluding carboxylic acids is 5. The molecule has 2 N–H and O–H groups in total. The molecule has 12 nitrogen and oxygen atoms in total. The van der Waals surface area contributed by atoms with E-state index >= 15 is 4.79 Å². The molecule has 5 saturated carbocycles. The van der Waals surface area contributed by atoms with E-state index in [1.54, 1.807) is 17.9 Å². The van der Waals surface area contributed by atoms with Gasteiger partial charge in [0.2, 0.25) is 21.8 Å². The van der Waals surface area contributed by atoms with Crippen LogP contribution in [0, 0.1) is 44.8 Å². The number of nitrogens with one attached hydrogen (secondary N) is 2. The maximum Gasteiger partial charge on any atom is 0.272 e. The number of aromatic nitrogens is 2. The molecule has 1 aromatic rings. The molecule has 2 spiro atoms. The van der Waals surface area contributed by atoms with Gasteiger partial charge in [0.1, 0.15) is 5.69 Å². The minimum absolute atomic E-state index is 0.0172. The highest BCUT2D eigenvalue weighted by atomic mass is 32.2. The third-order valence-electron chi connectivity index (χ3n) is 16.0. The largest absolute Gasteiger partial charge is 0.341 e. The summed E-state index contributed by atoms with van der Waals surface area (Å²) >= 11 is 0. The Balaban J connectivity index is 1.17. The second-order valence-corrected chi connectivity index (χ2v) is 22.3. The molecule has 0 aromatic carbocycles. The smallest absolute Gasteiger partial charge is 0.272 e. The zero-order valence-electron chi connectivity index (χ0n) is 34.1. The van der Waals surface area contributed by atoms with Crippen LogP contribution in [-0.4, -0.2) is 75.9 Å². The number of fused-ring (bicyclic) bond motifs is 1. The van der Waals surface area contributed by atoms with Crippen LogP contribution in [0.2, 0.25) is 0 Å². The summed E-state index contributed by atoms with van der Waals surface area (Å²) in [6, 6.07) is -1.62. The van der Waals surface area contributed by atoms with E-state index in [-0.39, 0.29) is 64.1 Å². The minimum atomic E-state index is -3.93. The highest BCUT2D eigenvalue weighted by Crippen LogP contribution is 2.88. The Bertz CT molecular complexity index is 1910. The van der Waals surface area contributed by atoms with Gasteiger partial charge >= 0.3 is 0 Å². The average Bonchev–Trinajstić information content (AvgIpc) is 4.06. The number of hydrogen-bond acceptors (Lipinski definition) is 9. The van der Waals surface area contributed by atoms with E-state index in [0.29, 0.717) is 32.2 Å². The van der Waals surface area contributed by atoms with Gasteiger partial charge in [-0.25, -0.2) is 13.4 Å². The molecule has 3 amide bonds. The van der Waals surface area contributed by atoms with Crippen LogP contribution in [0.1, 0.15) is 142 Å². The van der Waals surface area contributed by atoms with Gasteiger partial charge in [-0.1, -0.05) is 66.4 Å². The van der Waals surface area contributed by atoms with Crippen molar-refractivity contribution in [2.45, 2.75) is 148 Å². The van der Waals surface area contributed by atoms with Crippen LogP contribution in [0.15, 0.2) is 31.2 Å². The predicted octanol–water partition coefficient (Wildman–Crippen LogP) is 5.72. The first-order valence-electron chi connectivity index (χ1n) is 20.8. The van der Waals surface area contributed by atoms with Gasteiger partial charge in [0.05, 0.1) is 28.4 Å². The summed E-state index contributed by atoms with van der Waals surface area (Å²) in [5.74, 6) is -3.12. The maximum absolute atomic E-state index is 15.2. The number of allylic oxidation sites excluding steroid dienone is 1. The fraction of sp³-hybridized carbons (Fsp3) is 0.744. The van der Waals surface area contributed by atoms with Crippen LogP contribution in [0.3, 0.4) is 0 Å². The summed E-state index contributed by atoms with van der Waals surface area (Å²) in [6.45, 7) is 16.2. The lowest BCUT2D eigenvalue weighted by Crippen LogP contribution is -2.51. The highest BCUT2D eigenvalue weighted by Gasteiger charge is 2.85. The van der Waals surface area contributed by atoms with Crippen LogP contribution >= 0.6 is 0 Å².